The van der Waals surface area contributed by atoms with E-state index in [1.54, 1.807) is 0 Å². The summed E-state index contributed by atoms with van der Waals surface area (Å²) in [7, 11) is 1.94. The van der Waals surface area contributed by atoms with Crippen molar-refractivity contribution < 1.29 is 0 Å². The maximum absolute atomic E-state index is 4.30. The molecule has 1 saturated carbocycles. The molecule has 0 unspecified atom stereocenters. The van der Waals surface area contributed by atoms with Gasteiger partial charge in [-0.05, 0) is 26.0 Å². The van der Waals surface area contributed by atoms with Crippen molar-refractivity contribution in [2.75, 3.05) is 7.05 Å². The lowest BCUT2D eigenvalue weighted by molar-refractivity contribution is 0.739. The van der Waals surface area contributed by atoms with Gasteiger partial charge in [0.2, 0.25) is 0 Å². The third-order valence-electron chi connectivity index (χ3n) is 2.62. The molecular formula is C9H15N3. The summed E-state index contributed by atoms with van der Waals surface area (Å²) >= 11 is 0. The minimum Gasteiger partial charge on any atom is -0.314 e. The van der Waals surface area contributed by atoms with Crippen molar-refractivity contribution in [3.05, 3.63) is 17.5 Å². The van der Waals surface area contributed by atoms with Crippen LogP contribution in [0.2, 0.25) is 0 Å². The van der Waals surface area contributed by atoms with E-state index in [-0.39, 0.29) is 0 Å². The summed E-state index contributed by atoms with van der Waals surface area (Å²) in [6.07, 6.45) is 2.58. The second-order valence-corrected chi connectivity index (χ2v) is 3.87. The van der Waals surface area contributed by atoms with E-state index in [4.69, 9.17) is 0 Å². The van der Waals surface area contributed by atoms with Gasteiger partial charge in [0, 0.05) is 17.7 Å². The van der Waals surface area contributed by atoms with E-state index in [9.17, 15) is 0 Å². The molecule has 1 heterocycles. The first-order chi connectivity index (χ1) is 5.74. The topological polar surface area (TPSA) is 40.7 Å². The Morgan fingerprint density at radius 2 is 2.42 bits per heavy atom. The van der Waals surface area contributed by atoms with E-state index in [1.807, 2.05) is 7.05 Å². The number of aromatic nitrogens is 2. The van der Waals surface area contributed by atoms with Crippen LogP contribution in [0.1, 0.15) is 31.2 Å². The maximum Gasteiger partial charge on any atom is 0.0684 e. The first-order valence-corrected chi connectivity index (χ1v) is 4.44. The molecular weight excluding hydrogens is 150 g/mol. The van der Waals surface area contributed by atoms with Crippen LogP contribution < -0.4 is 5.32 Å². The van der Waals surface area contributed by atoms with Gasteiger partial charge in [0.25, 0.3) is 0 Å². The lowest BCUT2D eigenvalue weighted by Gasteiger charge is -1.99. The third-order valence-corrected chi connectivity index (χ3v) is 2.62. The van der Waals surface area contributed by atoms with Gasteiger partial charge in [0.05, 0.1) is 5.69 Å². The van der Waals surface area contributed by atoms with Crippen LogP contribution in [0.5, 0.6) is 0 Å². The molecule has 0 radical (unpaired) electrons. The van der Waals surface area contributed by atoms with Gasteiger partial charge >= 0.3 is 0 Å². The van der Waals surface area contributed by atoms with Gasteiger partial charge in [-0.2, -0.15) is 5.10 Å². The first kappa shape index (κ1) is 7.80. The average Bonchev–Trinajstić information content (AvgIpc) is 2.64. The van der Waals surface area contributed by atoms with E-state index in [2.05, 4.69) is 28.5 Å². The van der Waals surface area contributed by atoms with Gasteiger partial charge < -0.3 is 5.32 Å². The minimum absolute atomic E-state index is 0.391. The SMILES string of the molecule is CNCc1cc(C2(C)CC2)n[nH]1. The van der Waals surface area contributed by atoms with Crippen LogP contribution in [0.3, 0.4) is 0 Å². The van der Waals surface area contributed by atoms with E-state index < -0.39 is 0 Å². The smallest absolute Gasteiger partial charge is 0.0684 e. The monoisotopic (exact) mass is 165 g/mol. The van der Waals surface area contributed by atoms with E-state index in [0.717, 1.165) is 6.54 Å². The molecule has 12 heavy (non-hydrogen) atoms. The number of hydrogen-bond acceptors (Lipinski definition) is 2. The number of nitrogens with one attached hydrogen (secondary N) is 2. The molecule has 66 valence electrons. The van der Waals surface area contributed by atoms with Crippen LogP contribution in [0.15, 0.2) is 6.07 Å². The molecule has 1 fully saturated rings. The van der Waals surface area contributed by atoms with Crippen molar-refractivity contribution in [3.63, 3.8) is 0 Å². The summed E-state index contributed by atoms with van der Waals surface area (Å²) in [6.45, 7) is 3.15. The van der Waals surface area contributed by atoms with Crippen LogP contribution in [0.4, 0.5) is 0 Å². The first-order valence-electron chi connectivity index (χ1n) is 4.44. The molecule has 1 aliphatic carbocycles. The summed E-state index contributed by atoms with van der Waals surface area (Å²) in [6, 6.07) is 2.17. The van der Waals surface area contributed by atoms with Crippen LogP contribution in [-0.4, -0.2) is 17.2 Å². The van der Waals surface area contributed by atoms with E-state index in [1.165, 1.54) is 24.2 Å². The summed E-state index contributed by atoms with van der Waals surface area (Å²) < 4.78 is 0. The van der Waals surface area contributed by atoms with Gasteiger partial charge in [0.15, 0.2) is 0 Å². The molecule has 0 saturated heterocycles. The Labute approximate surface area is 72.6 Å². The number of hydrogen-bond donors (Lipinski definition) is 2. The number of nitrogens with zero attached hydrogens (tertiary/aromatic N) is 1. The molecule has 0 amide bonds. The average molecular weight is 165 g/mol. The van der Waals surface area contributed by atoms with E-state index >= 15 is 0 Å². The highest BCUT2D eigenvalue weighted by atomic mass is 15.1. The minimum atomic E-state index is 0.391. The van der Waals surface area contributed by atoms with Crippen molar-refractivity contribution in [1.29, 1.82) is 0 Å². The van der Waals surface area contributed by atoms with Crippen molar-refractivity contribution >= 4 is 0 Å². The molecule has 0 bridgehead atoms. The Morgan fingerprint density at radius 1 is 1.67 bits per heavy atom. The summed E-state index contributed by atoms with van der Waals surface area (Å²) in [4.78, 5) is 0. The molecule has 3 nitrogen and oxygen atoms in total. The predicted molar refractivity (Wildman–Crippen MR) is 47.9 cm³/mol. The molecule has 1 aromatic heterocycles. The van der Waals surface area contributed by atoms with Crippen LogP contribution in [-0.2, 0) is 12.0 Å². The van der Waals surface area contributed by atoms with Crippen LogP contribution in [0, 0.1) is 0 Å². The molecule has 0 aliphatic heterocycles. The van der Waals surface area contributed by atoms with Crippen LogP contribution >= 0.6 is 0 Å². The van der Waals surface area contributed by atoms with Gasteiger partial charge in [-0.25, -0.2) is 0 Å². The molecule has 0 aromatic carbocycles. The van der Waals surface area contributed by atoms with Crippen molar-refractivity contribution in [3.8, 4) is 0 Å². The molecule has 3 heteroatoms. The maximum atomic E-state index is 4.30. The second-order valence-electron chi connectivity index (χ2n) is 3.87. The Balaban J connectivity index is 2.13. The normalized spacial score (nSPS) is 19.5. The zero-order chi connectivity index (χ0) is 8.60. The van der Waals surface area contributed by atoms with E-state index in [0.29, 0.717) is 5.41 Å². The molecule has 2 N–H and O–H groups in total. The fourth-order valence-electron chi connectivity index (χ4n) is 1.40. The Morgan fingerprint density at radius 3 is 3.00 bits per heavy atom. The Hall–Kier alpha value is -0.830. The highest BCUT2D eigenvalue weighted by Gasteiger charge is 2.41. The molecule has 2 rings (SSSR count). The van der Waals surface area contributed by atoms with Gasteiger partial charge in [-0.15, -0.1) is 0 Å². The quantitative estimate of drug-likeness (QED) is 0.706. The lowest BCUT2D eigenvalue weighted by atomic mass is 10.1. The van der Waals surface area contributed by atoms with Gasteiger partial charge in [0.1, 0.15) is 0 Å². The second kappa shape index (κ2) is 2.59. The number of H-pyrrole nitrogens is 1. The third kappa shape index (κ3) is 1.25. The zero-order valence-corrected chi connectivity index (χ0v) is 7.65. The summed E-state index contributed by atoms with van der Waals surface area (Å²) in [5.74, 6) is 0. The largest absolute Gasteiger partial charge is 0.314 e. The van der Waals surface area contributed by atoms with Crippen molar-refractivity contribution in [2.24, 2.45) is 0 Å². The summed E-state index contributed by atoms with van der Waals surface area (Å²) in [5.41, 5.74) is 2.80. The predicted octanol–water partition coefficient (Wildman–Crippen LogP) is 1.18. The highest BCUT2D eigenvalue weighted by molar-refractivity contribution is 5.24. The fourth-order valence-corrected chi connectivity index (χ4v) is 1.40. The Kier molecular flexibility index (Phi) is 1.68. The lowest BCUT2D eigenvalue weighted by Crippen LogP contribution is -2.05. The molecule has 1 aromatic rings. The van der Waals surface area contributed by atoms with Crippen LogP contribution in [0.25, 0.3) is 0 Å². The van der Waals surface area contributed by atoms with Crippen molar-refractivity contribution in [2.45, 2.75) is 31.7 Å². The highest BCUT2D eigenvalue weighted by Crippen LogP contribution is 2.46. The van der Waals surface area contributed by atoms with Gasteiger partial charge in [-0.1, -0.05) is 6.92 Å². The Bertz CT molecular complexity index is 273. The molecule has 0 spiro atoms. The number of aromatic amines is 1. The standard InChI is InChI=1S/C9H15N3/c1-9(3-4-9)8-5-7(6-10-2)11-12-8/h5,10H,3-4,6H2,1-2H3,(H,11,12). The fraction of sp³-hybridized carbons (Fsp3) is 0.667. The molecule has 0 atom stereocenters. The zero-order valence-electron chi connectivity index (χ0n) is 7.65. The molecule has 1 aliphatic rings. The summed E-state index contributed by atoms with van der Waals surface area (Å²) in [5, 5.41) is 10.4. The van der Waals surface area contributed by atoms with Gasteiger partial charge in [-0.3, -0.25) is 5.10 Å². The van der Waals surface area contributed by atoms with Crippen molar-refractivity contribution in [1.82, 2.24) is 15.5 Å². The number of rotatable bonds is 3.